The highest BCUT2D eigenvalue weighted by atomic mass is 32.2. The maximum absolute atomic E-state index is 13.6. The lowest BCUT2D eigenvalue weighted by molar-refractivity contribution is -0.148. The Morgan fingerprint density at radius 3 is 2.34 bits per heavy atom. The molecule has 6 nitrogen and oxygen atoms in total. The van der Waals surface area contributed by atoms with Crippen molar-refractivity contribution in [3.8, 4) is 16.9 Å². The average molecular weight is 493 g/mol. The Hall–Kier alpha value is -2.71. The third-order valence-electron chi connectivity index (χ3n) is 7.39. The first-order valence-electron chi connectivity index (χ1n) is 12.1. The number of fused-ring (bicyclic) bond motifs is 1. The summed E-state index contributed by atoms with van der Waals surface area (Å²) in [4.78, 5) is 2.42. The van der Waals surface area contributed by atoms with Crippen molar-refractivity contribution >= 4 is 10.0 Å². The Balaban J connectivity index is 1.42. The standard InChI is InChI=1S/C28H32N2O4S/c1-20-9-3-6-12-26(20)35(32,33)29-17-7-8-18-30-24(19-29)27(28(30)31)22-15-13-21(14-16-22)23-10-4-5-11-25(23)34-2/h3-6,9-16,24,27-28,31H,7-8,17-19H2,1-2H3/t24-,27-,28+/m0/s1. The molecular formula is C28H32N2O4S. The minimum atomic E-state index is -3.62. The van der Waals surface area contributed by atoms with E-state index in [0.29, 0.717) is 18.0 Å². The van der Waals surface area contributed by atoms with Crippen molar-refractivity contribution < 1.29 is 18.3 Å². The van der Waals surface area contributed by atoms with Crippen molar-refractivity contribution in [3.63, 3.8) is 0 Å². The fourth-order valence-electron chi connectivity index (χ4n) is 5.47. The summed E-state index contributed by atoms with van der Waals surface area (Å²) in [6.45, 7) is 3.48. The Kier molecular flexibility index (Phi) is 6.68. The number of benzene rings is 3. The van der Waals surface area contributed by atoms with Crippen LogP contribution in [-0.2, 0) is 10.0 Å². The molecule has 2 aliphatic heterocycles. The molecule has 1 N–H and O–H groups in total. The van der Waals surface area contributed by atoms with E-state index in [-0.39, 0.29) is 12.0 Å². The van der Waals surface area contributed by atoms with Crippen LogP contribution in [0.1, 0.15) is 29.9 Å². The van der Waals surface area contributed by atoms with Gasteiger partial charge < -0.3 is 9.84 Å². The topological polar surface area (TPSA) is 70.1 Å². The van der Waals surface area contributed by atoms with Crippen LogP contribution in [0.15, 0.2) is 77.7 Å². The summed E-state index contributed by atoms with van der Waals surface area (Å²) in [7, 11) is -1.95. The first kappa shape index (κ1) is 24.0. The van der Waals surface area contributed by atoms with Crippen LogP contribution in [0.4, 0.5) is 0 Å². The summed E-state index contributed by atoms with van der Waals surface area (Å²) in [5, 5.41) is 11.0. The molecule has 0 saturated carbocycles. The monoisotopic (exact) mass is 492 g/mol. The van der Waals surface area contributed by atoms with Gasteiger partial charge in [-0.2, -0.15) is 4.31 Å². The molecule has 0 amide bonds. The van der Waals surface area contributed by atoms with Gasteiger partial charge in [0, 0.05) is 37.2 Å². The van der Waals surface area contributed by atoms with E-state index in [1.165, 1.54) is 0 Å². The molecule has 184 valence electrons. The van der Waals surface area contributed by atoms with Crippen molar-refractivity contribution in [2.45, 2.75) is 42.8 Å². The highest BCUT2D eigenvalue weighted by Gasteiger charge is 2.50. The fraction of sp³-hybridized carbons (Fsp3) is 0.357. The summed E-state index contributed by atoms with van der Waals surface area (Å²) >= 11 is 0. The zero-order chi connectivity index (χ0) is 24.6. The van der Waals surface area contributed by atoms with Gasteiger partial charge >= 0.3 is 0 Å². The maximum Gasteiger partial charge on any atom is 0.243 e. The molecular weight excluding hydrogens is 460 g/mol. The van der Waals surface area contributed by atoms with E-state index in [1.54, 1.807) is 23.5 Å². The van der Waals surface area contributed by atoms with Crippen LogP contribution in [0.3, 0.4) is 0 Å². The van der Waals surface area contributed by atoms with Crippen LogP contribution in [0, 0.1) is 6.92 Å². The van der Waals surface area contributed by atoms with Crippen molar-refractivity contribution in [1.29, 1.82) is 0 Å². The number of aliphatic hydroxyl groups excluding tert-OH is 1. The molecule has 3 aromatic carbocycles. The number of hydrogen-bond donors (Lipinski definition) is 1. The summed E-state index contributed by atoms with van der Waals surface area (Å²) < 4.78 is 34.3. The molecule has 0 aromatic heterocycles. The summed E-state index contributed by atoms with van der Waals surface area (Å²) in [6.07, 6.45) is 1.02. The Bertz CT molecular complexity index is 1290. The number of sulfonamides is 1. The van der Waals surface area contributed by atoms with Gasteiger partial charge in [-0.25, -0.2) is 8.42 Å². The van der Waals surface area contributed by atoms with Crippen LogP contribution in [0.5, 0.6) is 5.75 Å². The molecule has 3 aromatic rings. The Morgan fingerprint density at radius 1 is 0.914 bits per heavy atom. The van der Waals surface area contributed by atoms with Gasteiger partial charge in [0.1, 0.15) is 12.0 Å². The molecule has 0 aliphatic carbocycles. The zero-order valence-electron chi connectivity index (χ0n) is 20.2. The van der Waals surface area contributed by atoms with Crippen molar-refractivity contribution in [2.24, 2.45) is 0 Å². The third-order valence-corrected chi connectivity index (χ3v) is 9.42. The number of hydrogen-bond acceptors (Lipinski definition) is 5. The highest BCUT2D eigenvalue weighted by Crippen LogP contribution is 2.42. The van der Waals surface area contributed by atoms with Gasteiger partial charge in [0.25, 0.3) is 0 Å². The minimum absolute atomic E-state index is 0.0683. The number of ether oxygens (including phenoxy) is 1. The first-order chi connectivity index (χ1) is 16.9. The Morgan fingerprint density at radius 2 is 1.60 bits per heavy atom. The largest absolute Gasteiger partial charge is 0.496 e. The second-order valence-electron chi connectivity index (χ2n) is 9.40. The molecule has 0 spiro atoms. The number of aliphatic hydroxyl groups is 1. The van der Waals surface area contributed by atoms with Gasteiger partial charge in [0.15, 0.2) is 0 Å². The van der Waals surface area contributed by atoms with E-state index in [1.807, 2.05) is 67.6 Å². The molecule has 2 saturated heterocycles. The van der Waals surface area contributed by atoms with Crippen LogP contribution in [0.2, 0.25) is 0 Å². The molecule has 0 radical (unpaired) electrons. The molecule has 0 bridgehead atoms. The van der Waals surface area contributed by atoms with E-state index in [2.05, 4.69) is 4.90 Å². The zero-order valence-corrected chi connectivity index (χ0v) is 21.0. The van der Waals surface area contributed by atoms with Crippen LogP contribution in [-0.4, -0.2) is 61.7 Å². The van der Waals surface area contributed by atoms with Crippen LogP contribution >= 0.6 is 0 Å². The second-order valence-corrected chi connectivity index (χ2v) is 11.3. The van der Waals surface area contributed by atoms with E-state index < -0.39 is 16.3 Å². The third kappa shape index (κ3) is 4.38. The van der Waals surface area contributed by atoms with Crippen molar-refractivity contribution in [1.82, 2.24) is 9.21 Å². The van der Waals surface area contributed by atoms with Crippen molar-refractivity contribution in [2.75, 3.05) is 26.7 Å². The number of aryl methyl sites for hydroxylation is 1. The van der Waals surface area contributed by atoms with E-state index in [9.17, 15) is 13.5 Å². The van der Waals surface area contributed by atoms with Gasteiger partial charge in [-0.05, 0) is 48.6 Å². The minimum Gasteiger partial charge on any atom is -0.496 e. The smallest absolute Gasteiger partial charge is 0.243 e. The fourth-order valence-corrected chi connectivity index (χ4v) is 7.19. The summed E-state index contributed by atoms with van der Waals surface area (Å²) in [6, 6.07) is 23.2. The summed E-state index contributed by atoms with van der Waals surface area (Å²) in [5.74, 6) is 0.668. The van der Waals surface area contributed by atoms with Gasteiger partial charge in [-0.15, -0.1) is 0 Å². The Labute approximate surface area is 207 Å². The number of rotatable bonds is 5. The van der Waals surface area contributed by atoms with Gasteiger partial charge in [0.05, 0.1) is 12.0 Å². The quantitative estimate of drug-likeness (QED) is 0.577. The predicted molar refractivity (Wildman–Crippen MR) is 137 cm³/mol. The molecule has 35 heavy (non-hydrogen) atoms. The van der Waals surface area contributed by atoms with Crippen LogP contribution < -0.4 is 4.74 Å². The summed E-state index contributed by atoms with van der Waals surface area (Å²) in [5.41, 5.74) is 3.83. The lowest BCUT2D eigenvalue weighted by Crippen LogP contribution is -2.66. The predicted octanol–water partition coefficient (Wildman–Crippen LogP) is 4.24. The van der Waals surface area contributed by atoms with E-state index in [4.69, 9.17) is 4.74 Å². The van der Waals surface area contributed by atoms with Gasteiger partial charge in [-0.3, -0.25) is 4.90 Å². The number of nitrogens with zero attached hydrogens (tertiary/aromatic N) is 2. The van der Waals surface area contributed by atoms with Gasteiger partial charge in [0.2, 0.25) is 10.0 Å². The molecule has 2 aliphatic rings. The molecule has 5 rings (SSSR count). The maximum atomic E-state index is 13.6. The molecule has 7 heteroatoms. The first-order valence-corrected chi connectivity index (χ1v) is 13.6. The van der Waals surface area contributed by atoms with Crippen molar-refractivity contribution in [3.05, 3.63) is 83.9 Å². The normalized spacial score (nSPS) is 23.6. The average Bonchev–Trinajstić information content (AvgIpc) is 2.86. The molecule has 2 heterocycles. The van der Waals surface area contributed by atoms with E-state index in [0.717, 1.165) is 47.4 Å². The molecule has 2 fully saturated rings. The lowest BCUT2D eigenvalue weighted by Gasteiger charge is -2.55. The van der Waals surface area contributed by atoms with Gasteiger partial charge in [-0.1, -0.05) is 60.7 Å². The SMILES string of the molecule is COc1ccccc1-c1ccc([C@@H]2[C@@H](O)N3CCCCN(S(=O)(=O)c4ccccc4C)C[C@@H]23)cc1. The van der Waals surface area contributed by atoms with E-state index >= 15 is 0 Å². The number of methoxy groups -OCH3 is 1. The highest BCUT2D eigenvalue weighted by molar-refractivity contribution is 7.89. The number of para-hydroxylation sites is 1. The molecule has 3 atom stereocenters. The molecule has 0 unspecified atom stereocenters. The lowest BCUT2D eigenvalue weighted by atomic mass is 9.79. The van der Waals surface area contributed by atoms with Crippen LogP contribution in [0.25, 0.3) is 11.1 Å². The second kappa shape index (κ2) is 9.74.